The normalized spacial score (nSPS) is 24.9. The molecule has 1 aliphatic carbocycles. The van der Waals surface area contributed by atoms with Crippen LogP contribution in [0.3, 0.4) is 0 Å². The van der Waals surface area contributed by atoms with Gasteiger partial charge in [0.05, 0.1) is 19.3 Å². The molecule has 0 spiro atoms. The van der Waals surface area contributed by atoms with Crippen molar-refractivity contribution in [3.63, 3.8) is 0 Å². The number of hydrogen-bond donors (Lipinski definition) is 1. The van der Waals surface area contributed by atoms with Gasteiger partial charge in [0.1, 0.15) is 5.92 Å². The molecule has 21 heavy (non-hydrogen) atoms. The highest BCUT2D eigenvalue weighted by atomic mass is 16.5. The van der Waals surface area contributed by atoms with Crippen molar-refractivity contribution in [2.75, 3.05) is 32.8 Å². The van der Waals surface area contributed by atoms with Crippen molar-refractivity contribution >= 4 is 12.0 Å². The number of aliphatic carboxylic acids is 1. The molecule has 6 nitrogen and oxygen atoms in total. The number of ether oxygens (including phenoxy) is 1. The van der Waals surface area contributed by atoms with E-state index in [1.54, 1.807) is 4.90 Å². The number of rotatable bonds is 7. The van der Waals surface area contributed by atoms with Crippen molar-refractivity contribution in [3.05, 3.63) is 0 Å². The average molecular weight is 298 g/mol. The first-order valence-corrected chi connectivity index (χ1v) is 7.94. The van der Waals surface area contributed by atoms with E-state index >= 15 is 0 Å². The van der Waals surface area contributed by atoms with Crippen LogP contribution in [0.25, 0.3) is 0 Å². The largest absolute Gasteiger partial charge is 0.481 e. The Morgan fingerprint density at radius 2 is 1.95 bits per heavy atom. The number of carboxylic acid groups (broad SMARTS) is 1. The minimum Gasteiger partial charge on any atom is -0.481 e. The van der Waals surface area contributed by atoms with Gasteiger partial charge in [0, 0.05) is 19.6 Å². The molecule has 1 heterocycles. The SMILES string of the molecule is CCCN(C(=O)N(CC)CC1CC1)C1COCC1C(=O)O. The molecule has 2 rings (SSSR count). The number of hydrogen-bond acceptors (Lipinski definition) is 3. The number of carboxylic acids is 1. The Labute approximate surface area is 126 Å². The molecule has 1 saturated heterocycles. The van der Waals surface area contributed by atoms with Crippen molar-refractivity contribution in [3.8, 4) is 0 Å². The van der Waals surface area contributed by atoms with E-state index < -0.39 is 11.9 Å². The van der Waals surface area contributed by atoms with Gasteiger partial charge in [0.15, 0.2) is 0 Å². The minimum atomic E-state index is -0.878. The van der Waals surface area contributed by atoms with Crippen molar-refractivity contribution < 1.29 is 19.4 Å². The molecule has 1 aliphatic heterocycles. The van der Waals surface area contributed by atoms with E-state index in [1.165, 1.54) is 12.8 Å². The number of carbonyl (C=O) groups excluding carboxylic acids is 1. The van der Waals surface area contributed by atoms with Crippen LogP contribution in [0, 0.1) is 11.8 Å². The van der Waals surface area contributed by atoms with Crippen molar-refractivity contribution in [1.29, 1.82) is 0 Å². The summed E-state index contributed by atoms with van der Waals surface area (Å²) in [7, 11) is 0. The molecule has 1 saturated carbocycles. The lowest BCUT2D eigenvalue weighted by Crippen LogP contribution is -2.52. The smallest absolute Gasteiger partial charge is 0.320 e. The van der Waals surface area contributed by atoms with Gasteiger partial charge in [-0.05, 0) is 32.1 Å². The lowest BCUT2D eigenvalue weighted by atomic mass is 10.0. The fourth-order valence-electron chi connectivity index (χ4n) is 2.87. The second-order valence-corrected chi connectivity index (χ2v) is 6.01. The summed E-state index contributed by atoms with van der Waals surface area (Å²) in [5, 5.41) is 9.30. The first-order chi connectivity index (χ1) is 10.1. The van der Waals surface area contributed by atoms with E-state index in [9.17, 15) is 14.7 Å². The average Bonchev–Trinajstić information content (AvgIpc) is 3.15. The molecule has 2 atom stereocenters. The summed E-state index contributed by atoms with van der Waals surface area (Å²) in [6.45, 7) is 6.54. The van der Waals surface area contributed by atoms with Crippen molar-refractivity contribution in [2.24, 2.45) is 11.8 Å². The minimum absolute atomic E-state index is 0.0343. The second-order valence-electron chi connectivity index (χ2n) is 6.01. The Morgan fingerprint density at radius 1 is 1.24 bits per heavy atom. The summed E-state index contributed by atoms with van der Waals surface area (Å²) < 4.78 is 5.32. The van der Waals surface area contributed by atoms with Gasteiger partial charge in [-0.3, -0.25) is 4.79 Å². The zero-order valence-corrected chi connectivity index (χ0v) is 13.0. The number of amides is 2. The molecule has 2 amide bonds. The number of nitrogens with zero attached hydrogens (tertiary/aromatic N) is 2. The van der Waals surface area contributed by atoms with Crippen LogP contribution in [-0.2, 0) is 9.53 Å². The molecule has 0 radical (unpaired) electrons. The van der Waals surface area contributed by atoms with Crippen LogP contribution >= 0.6 is 0 Å². The van der Waals surface area contributed by atoms with Crippen LogP contribution in [0.5, 0.6) is 0 Å². The summed E-state index contributed by atoms with van der Waals surface area (Å²) >= 11 is 0. The summed E-state index contributed by atoms with van der Waals surface area (Å²) in [6.07, 6.45) is 3.21. The van der Waals surface area contributed by atoms with Gasteiger partial charge in [0.2, 0.25) is 0 Å². The number of carbonyl (C=O) groups is 2. The van der Waals surface area contributed by atoms with Crippen LogP contribution in [0.2, 0.25) is 0 Å². The number of urea groups is 1. The third-order valence-electron chi connectivity index (χ3n) is 4.31. The summed E-state index contributed by atoms with van der Waals surface area (Å²) in [6, 6.07) is -0.379. The standard InChI is InChI=1S/C15H26N2O4/c1-3-7-17(13-10-21-9-12(13)14(18)19)15(20)16(4-2)8-11-5-6-11/h11-13H,3-10H2,1-2H3,(H,18,19). The molecule has 6 heteroatoms. The first-order valence-electron chi connectivity index (χ1n) is 7.94. The third-order valence-corrected chi connectivity index (χ3v) is 4.31. The Balaban J connectivity index is 2.08. The van der Waals surface area contributed by atoms with Crippen LogP contribution in [0.15, 0.2) is 0 Å². The lowest BCUT2D eigenvalue weighted by Gasteiger charge is -2.35. The molecule has 120 valence electrons. The van der Waals surface area contributed by atoms with E-state index in [-0.39, 0.29) is 18.7 Å². The van der Waals surface area contributed by atoms with Gasteiger partial charge in [-0.2, -0.15) is 0 Å². The summed E-state index contributed by atoms with van der Waals surface area (Å²) in [5.41, 5.74) is 0. The summed E-state index contributed by atoms with van der Waals surface area (Å²) in [5.74, 6) is -0.857. The van der Waals surface area contributed by atoms with E-state index in [2.05, 4.69) is 0 Å². The molecular formula is C15H26N2O4. The van der Waals surface area contributed by atoms with Gasteiger partial charge >= 0.3 is 12.0 Å². The predicted octanol–water partition coefficient (Wildman–Crippen LogP) is 1.65. The molecule has 2 unspecified atom stereocenters. The molecule has 1 N–H and O–H groups in total. The molecule has 0 aromatic rings. The highest BCUT2D eigenvalue weighted by Crippen LogP contribution is 2.30. The highest BCUT2D eigenvalue weighted by molar-refractivity contribution is 5.77. The van der Waals surface area contributed by atoms with E-state index in [0.29, 0.717) is 25.6 Å². The molecule has 0 aromatic carbocycles. The molecule has 0 bridgehead atoms. The third kappa shape index (κ3) is 3.87. The van der Waals surface area contributed by atoms with Gasteiger partial charge in [-0.25, -0.2) is 4.79 Å². The van der Waals surface area contributed by atoms with Crippen LogP contribution < -0.4 is 0 Å². The Kier molecular flexibility index (Phi) is 5.45. The molecular weight excluding hydrogens is 272 g/mol. The zero-order valence-electron chi connectivity index (χ0n) is 13.0. The predicted molar refractivity (Wildman–Crippen MR) is 78.1 cm³/mol. The van der Waals surface area contributed by atoms with E-state index in [4.69, 9.17) is 4.74 Å². The highest BCUT2D eigenvalue weighted by Gasteiger charge is 2.41. The molecule has 2 aliphatic rings. The molecule has 2 fully saturated rings. The topological polar surface area (TPSA) is 70.1 Å². The van der Waals surface area contributed by atoms with Crippen molar-refractivity contribution in [2.45, 2.75) is 39.2 Å². The fourth-order valence-corrected chi connectivity index (χ4v) is 2.87. The van der Waals surface area contributed by atoms with Gasteiger partial charge in [0.25, 0.3) is 0 Å². The van der Waals surface area contributed by atoms with Crippen molar-refractivity contribution in [1.82, 2.24) is 9.80 Å². The Bertz CT molecular complexity index is 384. The maximum atomic E-state index is 12.8. The zero-order chi connectivity index (χ0) is 15.4. The monoisotopic (exact) mass is 298 g/mol. The second kappa shape index (κ2) is 7.11. The maximum Gasteiger partial charge on any atom is 0.320 e. The van der Waals surface area contributed by atoms with E-state index in [0.717, 1.165) is 13.0 Å². The quantitative estimate of drug-likeness (QED) is 0.776. The first kappa shape index (κ1) is 16.1. The lowest BCUT2D eigenvalue weighted by molar-refractivity contribution is -0.142. The van der Waals surface area contributed by atoms with Crippen LogP contribution in [0.1, 0.15) is 33.1 Å². The van der Waals surface area contributed by atoms with Gasteiger partial charge < -0.3 is 19.6 Å². The Morgan fingerprint density at radius 3 is 2.48 bits per heavy atom. The summed E-state index contributed by atoms with van der Waals surface area (Å²) in [4.78, 5) is 27.7. The maximum absolute atomic E-state index is 12.8. The Hall–Kier alpha value is -1.30. The van der Waals surface area contributed by atoms with Crippen LogP contribution in [0.4, 0.5) is 4.79 Å². The van der Waals surface area contributed by atoms with Crippen LogP contribution in [-0.4, -0.2) is 65.8 Å². The molecule has 0 aromatic heterocycles. The van der Waals surface area contributed by atoms with Gasteiger partial charge in [-0.15, -0.1) is 0 Å². The van der Waals surface area contributed by atoms with Gasteiger partial charge in [-0.1, -0.05) is 6.92 Å². The van der Waals surface area contributed by atoms with E-state index in [1.807, 2.05) is 18.7 Å². The fraction of sp³-hybridized carbons (Fsp3) is 0.867.